The van der Waals surface area contributed by atoms with E-state index in [4.69, 9.17) is 11.6 Å². The van der Waals surface area contributed by atoms with Crippen molar-refractivity contribution in [1.82, 2.24) is 19.6 Å². The predicted octanol–water partition coefficient (Wildman–Crippen LogP) is 1.91. The van der Waals surface area contributed by atoms with Crippen molar-refractivity contribution in [2.45, 2.75) is 6.92 Å². The quantitative estimate of drug-likeness (QED) is 0.783. The van der Waals surface area contributed by atoms with Gasteiger partial charge in [0.2, 0.25) is 5.78 Å². The standard InChI is InChI=1S/C15H11ClN4O2/c1-9-8-13(21)20-14(22)12(18-19-15(20)17-9)7-4-10-2-5-11(16)6-3-10/h2-8H,1H3,(H,17,19)/b7-4+. The summed E-state index contributed by atoms with van der Waals surface area (Å²) in [5, 5.41) is 7.20. The molecule has 0 amide bonds. The summed E-state index contributed by atoms with van der Waals surface area (Å²) < 4.78 is 0.960. The molecule has 22 heavy (non-hydrogen) atoms. The molecule has 0 atom stereocenters. The van der Waals surface area contributed by atoms with Crippen molar-refractivity contribution in [2.24, 2.45) is 0 Å². The first kappa shape index (κ1) is 14.2. The van der Waals surface area contributed by atoms with E-state index in [2.05, 4.69) is 15.2 Å². The lowest BCUT2D eigenvalue weighted by atomic mass is 10.2. The van der Waals surface area contributed by atoms with Crippen LogP contribution in [0.25, 0.3) is 17.9 Å². The number of halogens is 1. The van der Waals surface area contributed by atoms with Crippen molar-refractivity contribution in [1.29, 1.82) is 0 Å². The zero-order valence-electron chi connectivity index (χ0n) is 11.6. The number of aromatic nitrogens is 4. The second kappa shape index (κ2) is 5.57. The van der Waals surface area contributed by atoms with Crippen LogP contribution in [0.3, 0.4) is 0 Å². The average Bonchev–Trinajstić information content (AvgIpc) is 2.47. The summed E-state index contributed by atoms with van der Waals surface area (Å²) in [7, 11) is 0. The van der Waals surface area contributed by atoms with Crippen LogP contribution in [-0.4, -0.2) is 19.6 Å². The number of aromatic amines is 1. The van der Waals surface area contributed by atoms with Gasteiger partial charge in [0.25, 0.3) is 11.1 Å². The first-order chi connectivity index (χ1) is 10.5. The number of H-pyrrole nitrogens is 1. The van der Waals surface area contributed by atoms with Crippen LogP contribution < -0.4 is 11.1 Å². The van der Waals surface area contributed by atoms with Crippen molar-refractivity contribution < 1.29 is 0 Å². The molecule has 3 aromatic rings. The Labute approximate surface area is 129 Å². The smallest absolute Gasteiger partial charge is 0.269 e. The highest BCUT2D eigenvalue weighted by molar-refractivity contribution is 6.30. The van der Waals surface area contributed by atoms with Crippen molar-refractivity contribution in [3.05, 3.63) is 73.0 Å². The number of aryl methyl sites for hydroxylation is 1. The fourth-order valence-corrected chi connectivity index (χ4v) is 2.12. The molecule has 0 unspecified atom stereocenters. The van der Waals surface area contributed by atoms with Gasteiger partial charge in [0.1, 0.15) is 5.69 Å². The highest BCUT2D eigenvalue weighted by atomic mass is 35.5. The summed E-state index contributed by atoms with van der Waals surface area (Å²) in [6, 6.07) is 8.41. The van der Waals surface area contributed by atoms with Crippen molar-refractivity contribution >= 4 is 29.5 Å². The molecule has 6 nitrogen and oxygen atoms in total. The van der Waals surface area contributed by atoms with E-state index < -0.39 is 11.1 Å². The minimum absolute atomic E-state index is 0.121. The number of benzene rings is 1. The lowest BCUT2D eigenvalue weighted by Crippen LogP contribution is -2.30. The number of hydrogen-bond donors (Lipinski definition) is 1. The molecule has 110 valence electrons. The monoisotopic (exact) mass is 314 g/mol. The summed E-state index contributed by atoms with van der Waals surface area (Å²) in [5.74, 6) is 0.124. The fourth-order valence-electron chi connectivity index (χ4n) is 2.00. The van der Waals surface area contributed by atoms with Crippen LogP contribution in [0.15, 0.2) is 39.9 Å². The van der Waals surface area contributed by atoms with Gasteiger partial charge in [0.05, 0.1) is 0 Å². The maximum Gasteiger partial charge on any atom is 0.288 e. The number of rotatable bonds is 2. The van der Waals surface area contributed by atoms with E-state index in [-0.39, 0.29) is 11.5 Å². The lowest BCUT2D eigenvalue weighted by Gasteiger charge is -2.01. The summed E-state index contributed by atoms with van der Waals surface area (Å²) in [4.78, 5) is 28.3. The highest BCUT2D eigenvalue weighted by Crippen LogP contribution is 2.11. The normalized spacial score (nSPS) is 11.4. The molecule has 3 rings (SSSR count). The Morgan fingerprint density at radius 2 is 1.91 bits per heavy atom. The maximum atomic E-state index is 12.3. The Kier molecular flexibility index (Phi) is 3.60. The molecule has 2 heterocycles. The van der Waals surface area contributed by atoms with Gasteiger partial charge < -0.3 is 0 Å². The Balaban J connectivity index is 2.09. The van der Waals surface area contributed by atoms with Crippen LogP contribution in [0, 0.1) is 6.92 Å². The third-order valence-corrected chi connectivity index (χ3v) is 3.30. The second-order valence-electron chi connectivity index (χ2n) is 4.69. The Hall–Kier alpha value is -2.73. The first-order valence-electron chi connectivity index (χ1n) is 6.47. The van der Waals surface area contributed by atoms with Crippen LogP contribution >= 0.6 is 11.6 Å². The number of fused-ring (bicyclic) bond motifs is 1. The van der Waals surface area contributed by atoms with Gasteiger partial charge in [-0.2, -0.15) is 5.10 Å². The molecule has 0 spiro atoms. The molecule has 0 bridgehead atoms. The Morgan fingerprint density at radius 3 is 2.64 bits per heavy atom. The topological polar surface area (TPSA) is 80.1 Å². The molecule has 0 saturated carbocycles. The van der Waals surface area contributed by atoms with E-state index in [1.807, 2.05) is 12.1 Å². The third-order valence-electron chi connectivity index (χ3n) is 3.05. The summed E-state index contributed by atoms with van der Waals surface area (Å²) >= 11 is 5.81. The molecule has 0 aliphatic carbocycles. The minimum atomic E-state index is -0.517. The van der Waals surface area contributed by atoms with Gasteiger partial charge in [0.15, 0.2) is 0 Å². The van der Waals surface area contributed by atoms with E-state index in [1.165, 1.54) is 12.1 Å². The molecule has 0 aliphatic heterocycles. The number of hydrogen-bond acceptors (Lipinski definition) is 4. The van der Waals surface area contributed by atoms with Gasteiger partial charge in [-0.25, -0.2) is 14.5 Å². The van der Waals surface area contributed by atoms with E-state index >= 15 is 0 Å². The van der Waals surface area contributed by atoms with Crippen molar-refractivity contribution in [3.63, 3.8) is 0 Å². The van der Waals surface area contributed by atoms with Crippen LogP contribution in [0.4, 0.5) is 0 Å². The molecule has 7 heteroatoms. The van der Waals surface area contributed by atoms with E-state index in [9.17, 15) is 9.59 Å². The predicted molar refractivity (Wildman–Crippen MR) is 85.0 cm³/mol. The SMILES string of the molecule is Cc1cc(=O)n2c(=O)c(/C=C/c3ccc(Cl)cc3)n[nH]c2n1. The molecule has 2 aromatic heterocycles. The van der Waals surface area contributed by atoms with Gasteiger partial charge in [-0.15, -0.1) is 0 Å². The molecule has 0 aliphatic rings. The Bertz CT molecular complexity index is 987. The van der Waals surface area contributed by atoms with Gasteiger partial charge >= 0.3 is 0 Å². The summed E-state index contributed by atoms with van der Waals surface area (Å²) in [6.45, 7) is 1.67. The van der Waals surface area contributed by atoms with E-state index in [0.717, 1.165) is 9.96 Å². The maximum absolute atomic E-state index is 12.3. The third kappa shape index (κ3) is 2.68. The molecule has 1 aromatic carbocycles. The van der Waals surface area contributed by atoms with Crippen LogP contribution in [0.5, 0.6) is 0 Å². The Morgan fingerprint density at radius 1 is 1.18 bits per heavy atom. The van der Waals surface area contributed by atoms with Gasteiger partial charge in [-0.1, -0.05) is 29.8 Å². The van der Waals surface area contributed by atoms with E-state index in [0.29, 0.717) is 10.7 Å². The molecular formula is C15H11ClN4O2. The summed E-state index contributed by atoms with van der Waals surface area (Å²) in [5.41, 5.74) is 0.547. The fraction of sp³-hybridized carbons (Fsp3) is 0.0667. The molecule has 0 fully saturated rings. The number of nitrogens with zero attached hydrogens (tertiary/aromatic N) is 3. The van der Waals surface area contributed by atoms with Crippen molar-refractivity contribution in [3.8, 4) is 0 Å². The molecule has 1 N–H and O–H groups in total. The molecule has 0 saturated heterocycles. The molecule has 0 radical (unpaired) electrons. The zero-order chi connectivity index (χ0) is 15.7. The first-order valence-corrected chi connectivity index (χ1v) is 6.85. The number of nitrogens with one attached hydrogen (secondary N) is 1. The van der Waals surface area contributed by atoms with Crippen LogP contribution in [0.1, 0.15) is 17.0 Å². The van der Waals surface area contributed by atoms with Gasteiger partial charge in [-0.05, 0) is 30.7 Å². The largest absolute Gasteiger partial charge is 0.288 e. The van der Waals surface area contributed by atoms with Gasteiger partial charge in [0, 0.05) is 16.8 Å². The molecular weight excluding hydrogens is 304 g/mol. The summed E-state index contributed by atoms with van der Waals surface area (Å²) in [6.07, 6.45) is 3.25. The second-order valence-corrected chi connectivity index (χ2v) is 5.13. The lowest BCUT2D eigenvalue weighted by molar-refractivity contribution is 0.862. The van der Waals surface area contributed by atoms with Gasteiger partial charge in [-0.3, -0.25) is 9.59 Å². The van der Waals surface area contributed by atoms with Crippen molar-refractivity contribution in [2.75, 3.05) is 0 Å². The highest BCUT2D eigenvalue weighted by Gasteiger charge is 2.07. The minimum Gasteiger partial charge on any atom is -0.269 e. The van der Waals surface area contributed by atoms with Crippen LogP contribution in [-0.2, 0) is 0 Å². The average molecular weight is 315 g/mol. The zero-order valence-corrected chi connectivity index (χ0v) is 12.3. The van der Waals surface area contributed by atoms with Crippen LogP contribution in [0.2, 0.25) is 5.02 Å². The van der Waals surface area contributed by atoms with E-state index in [1.54, 1.807) is 25.1 Å².